The summed E-state index contributed by atoms with van der Waals surface area (Å²) in [7, 11) is 0. The van der Waals surface area contributed by atoms with Crippen molar-refractivity contribution in [2.75, 3.05) is 6.61 Å². The predicted octanol–water partition coefficient (Wildman–Crippen LogP) is 3.68. The Balaban J connectivity index is 0.00000420. The van der Waals surface area contributed by atoms with E-state index in [1.165, 1.54) is 19.3 Å². The molecule has 1 aromatic heterocycles. The minimum atomic E-state index is -0.882. The van der Waals surface area contributed by atoms with Gasteiger partial charge in [-0.25, -0.2) is 4.79 Å². The van der Waals surface area contributed by atoms with E-state index < -0.39 is 11.2 Å². The van der Waals surface area contributed by atoms with Gasteiger partial charge in [-0.3, -0.25) is 4.79 Å². The maximum atomic E-state index is 12.1. The summed E-state index contributed by atoms with van der Waals surface area (Å²) in [6, 6.07) is 3.30. The van der Waals surface area contributed by atoms with Crippen molar-refractivity contribution in [3.63, 3.8) is 0 Å². The zero-order valence-electron chi connectivity index (χ0n) is 17.1. The monoisotopic (exact) mass is 410 g/mol. The summed E-state index contributed by atoms with van der Waals surface area (Å²) < 4.78 is 12.1. The van der Waals surface area contributed by atoms with Crippen LogP contribution in [0.4, 0.5) is 4.79 Å². The number of rotatable bonds is 10. The van der Waals surface area contributed by atoms with Gasteiger partial charge >= 0.3 is 6.16 Å². The van der Waals surface area contributed by atoms with Crippen molar-refractivity contribution in [1.29, 1.82) is 0 Å². The lowest BCUT2D eigenvalue weighted by atomic mass is 9.86. The molecule has 0 bridgehead atoms. The van der Waals surface area contributed by atoms with Gasteiger partial charge < -0.3 is 21.7 Å². The molecule has 0 spiro atoms. The fourth-order valence-corrected chi connectivity index (χ4v) is 3.30. The second-order valence-electron chi connectivity index (χ2n) is 6.93. The lowest BCUT2D eigenvalue weighted by molar-refractivity contribution is -0.757. The van der Waals surface area contributed by atoms with Crippen LogP contribution in [-0.2, 0) is 21.0 Å². The van der Waals surface area contributed by atoms with E-state index in [0.717, 1.165) is 12.8 Å². The highest BCUT2D eigenvalue weighted by Gasteiger charge is 2.24. The molecule has 1 aliphatic rings. The third kappa shape index (κ3) is 8.89. The molecule has 0 saturated heterocycles. The fraction of sp³-hybridized carbons (Fsp3) is 0.600. The Hall–Kier alpha value is -2.71. The molecule has 0 unspecified atom stereocenters. The average molecular weight is 410 g/mol. The number of pyridine rings is 1. The van der Waals surface area contributed by atoms with Crippen molar-refractivity contribution < 1.29 is 33.6 Å². The molecular weight excluding hydrogens is 380 g/mol. The summed E-state index contributed by atoms with van der Waals surface area (Å²) in [5.74, 6) is 0.212. The smallest absolute Gasteiger partial charge is 0.431 e. The largest absolute Gasteiger partial charge is 0.513 e. The summed E-state index contributed by atoms with van der Waals surface area (Å²) in [5, 5.41) is 9.20. The Morgan fingerprint density at radius 2 is 2.03 bits per heavy atom. The topological polar surface area (TPSA) is 109 Å². The summed E-state index contributed by atoms with van der Waals surface area (Å²) in [5.41, 5.74) is 0.427. The van der Waals surface area contributed by atoms with E-state index in [1.807, 2.05) is 6.92 Å². The number of carbonyl (C=O) groups is 2. The van der Waals surface area contributed by atoms with Gasteiger partial charge in [-0.05, 0) is 38.2 Å². The molecule has 1 saturated carbocycles. The molecule has 1 aromatic rings. The van der Waals surface area contributed by atoms with Gasteiger partial charge in [0, 0.05) is 12.5 Å². The Kier molecular flexibility index (Phi) is 10.6. The average Bonchev–Trinajstić information content (AvgIpc) is 2.70. The molecule has 162 valence electrons. The lowest BCUT2D eigenvalue weighted by Gasteiger charge is -2.26. The van der Waals surface area contributed by atoms with Crippen LogP contribution in [0.1, 0.15) is 62.2 Å². The van der Waals surface area contributed by atoms with Crippen LogP contribution in [0.3, 0.4) is 0 Å². The number of ether oxygens (including phenoxy) is 2. The molecule has 0 amide bonds. The van der Waals surface area contributed by atoms with Crippen LogP contribution in [0, 0.1) is 23.5 Å². The molecule has 0 radical (unpaired) electrons. The molecule has 0 aromatic carbocycles. The van der Waals surface area contributed by atoms with Crippen LogP contribution in [0.2, 0.25) is 0 Å². The highest BCUT2D eigenvalue weighted by atomic mass is 16.9. The van der Waals surface area contributed by atoms with Gasteiger partial charge in [0.15, 0.2) is 18.2 Å². The predicted molar refractivity (Wildman–Crippen MR) is 103 cm³/mol. The number of carbonyl (C=O) groups excluding carboxylic acids is 2. The first kappa shape index (κ1) is 24.3. The summed E-state index contributed by atoms with van der Waals surface area (Å²) >= 11 is 0. The molecule has 1 atom stereocenters. The number of aromatic nitrogens is 1. The number of hydrogen-bond donors (Lipinski definition) is 0. The fourth-order valence-electron chi connectivity index (χ4n) is 3.30. The molecular formula is C20H30N2O7. The maximum absolute atomic E-state index is 12.1. The Morgan fingerprint density at radius 1 is 1.31 bits per heavy atom. The van der Waals surface area contributed by atoms with Gasteiger partial charge in [0.1, 0.15) is 6.10 Å². The van der Waals surface area contributed by atoms with Crippen molar-refractivity contribution in [1.82, 2.24) is 0 Å². The highest BCUT2D eigenvalue weighted by molar-refractivity contribution is 5.95. The van der Waals surface area contributed by atoms with Crippen LogP contribution in [0.5, 0.6) is 0 Å². The van der Waals surface area contributed by atoms with E-state index in [1.54, 1.807) is 29.1 Å². The summed E-state index contributed by atoms with van der Waals surface area (Å²) in [6.45, 7) is 1.70. The normalized spacial score (nSPS) is 14.9. The number of hydrogen-bond acceptors (Lipinski definition) is 7. The molecule has 0 aliphatic heterocycles. The van der Waals surface area contributed by atoms with E-state index in [9.17, 15) is 19.7 Å². The Labute approximate surface area is 171 Å². The summed E-state index contributed by atoms with van der Waals surface area (Å²) in [4.78, 5) is 38.3. The molecule has 9 heteroatoms. The first-order valence-corrected chi connectivity index (χ1v) is 9.58. The first-order valence-electron chi connectivity index (χ1n) is 9.58. The standard InChI is InChI=1S/C19H27N2O7.CH3/c1-15(16-7-3-2-4-8-16)28-19(23)26-14-20-11-5-9-17(13-20)18(22)10-6-12-27-21(24)25;/h5,9,11,13,15-16H,2-4,6-8,10,12,14H2,1H3;1H3/q+1;-1/t15-;/m1./s1. The highest BCUT2D eigenvalue weighted by Crippen LogP contribution is 2.27. The van der Waals surface area contributed by atoms with Crippen molar-refractivity contribution in [3.05, 3.63) is 47.6 Å². The Bertz CT molecular complexity index is 675. The van der Waals surface area contributed by atoms with Crippen LogP contribution in [0.25, 0.3) is 0 Å². The first-order chi connectivity index (χ1) is 13.5. The van der Waals surface area contributed by atoms with Crippen molar-refractivity contribution in [2.45, 2.75) is 64.7 Å². The number of nitrogens with zero attached hydrogens (tertiary/aromatic N) is 2. The van der Waals surface area contributed by atoms with Gasteiger partial charge in [-0.1, -0.05) is 19.3 Å². The van der Waals surface area contributed by atoms with Crippen molar-refractivity contribution in [3.8, 4) is 0 Å². The van der Waals surface area contributed by atoms with Gasteiger partial charge in [-0.15, -0.1) is 10.1 Å². The number of Topliss-reactive ketones (excluding diaryl/α,β-unsaturated/α-hetero) is 1. The quantitative estimate of drug-likeness (QED) is 0.110. The van der Waals surface area contributed by atoms with Gasteiger partial charge in [-0.2, -0.15) is 4.57 Å². The third-order valence-corrected chi connectivity index (χ3v) is 4.85. The zero-order chi connectivity index (χ0) is 20.4. The molecule has 1 aliphatic carbocycles. The van der Waals surface area contributed by atoms with E-state index in [2.05, 4.69) is 4.84 Å². The minimum Gasteiger partial charge on any atom is -0.431 e. The van der Waals surface area contributed by atoms with E-state index in [-0.39, 0.29) is 45.5 Å². The van der Waals surface area contributed by atoms with Crippen LogP contribution in [0.15, 0.2) is 24.5 Å². The SMILES string of the molecule is C[C@@H](OC(=O)OC[n+]1cccc(C(=O)CCCO[N+](=O)[O-])c1)C1CCCCC1.[CH3-]. The lowest BCUT2D eigenvalue weighted by Crippen LogP contribution is -2.37. The van der Waals surface area contributed by atoms with Crippen molar-refractivity contribution >= 4 is 11.9 Å². The molecule has 29 heavy (non-hydrogen) atoms. The molecule has 1 fully saturated rings. The van der Waals surface area contributed by atoms with Gasteiger partial charge in [0.25, 0.3) is 11.8 Å². The van der Waals surface area contributed by atoms with E-state index in [0.29, 0.717) is 11.5 Å². The summed E-state index contributed by atoms with van der Waals surface area (Å²) in [6.07, 6.45) is 8.42. The minimum absolute atomic E-state index is 0. The molecule has 9 nitrogen and oxygen atoms in total. The second kappa shape index (κ2) is 12.7. The van der Waals surface area contributed by atoms with Crippen LogP contribution >= 0.6 is 0 Å². The maximum Gasteiger partial charge on any atom is 0.513 e. The molecule has 0 N–H and O–H groups in total. The third-order valence-electron chi connectivity index (χ3n) is 4.85. The van der Waals surface area contributed by atoms with E-state index in [4.69, 9.17) is 9.47 Å². The molecule has 2 rings (SSSR count). The van der Waals surface area contributed by atoms with Crippen LogP contribution in [-0.4, -0.2) is 29.7 Å². The van der Waals surface area contributed by atoms with Crippen LogP contribution < -0.4 is 4.57 Å². The van der Waals surface area contributed by atoms with Crippen molar-refractivity contribution in [2.24, 2.45) is 5.92 Å². The zero-order valence-corrected chi connectivity index (χ0v) is 17.1. The Morgan fingerprint density at radius 3 is 2.72 bits per heavy atom. The number of ketones is 1. The van der Waals surface area contributed by atoms with E-state index >= 15 is 0 Å². The van der Waals surface area contributed by atoms with Gasteiger partial charge in [0.2, 0.25) is 0 Å². The van der Waals surface area contributed by atoms with Gasteiger partial charge in [0.05, 0.1) is 12.2 Å². The molecule has 1 heterocycles. The second-order valence-corrected chi connectivity index (χ2v) is 6.93.